The van der Waals surface area contributed by atoms with E-state index in [1.807, 2.05) is 53.1 Å². The van der Waals surface area contributed by atoms with Crippen LogP contribution in [0.25, 0.3) is 11.0 Å². The number of fused-ring (bicyclic) bond motifs is 1. The second kappa shape index (κ2) is 8.03. The van der Waals surface area contributed by atoms with Crippen LogP contribution in [0.3, 0.4) is 0 Å². The van der Waals surface area contributed by atoms with Crippen molar-refractivity contribution in [1.82, 2.24) is 14.9 Å². The molecule has 3 rings (SSSR count). The molecule has 0 saturated carbocycles. The first-order valence-corrected chi connectivity index (χ1v) is 8.74. The summed E-state index contributed by atoms with van der Waals surface area (Å²) in [5, 5.41) is 3.60. The highest BCUT2D eigenvalue weighted by molar-refractivity contribution is 6.35. The van der Waals surface area contributed by atoms with Crippen LogP contribution < -0.4 is 11.1 Å². The number of nitrogens with two attached hydrogens (primary N) is 1. The third-order valence-electron chi connectivity index (χ3n) is 4.09. The molecule has 2 aromatic carbocycles. The third-order valence-corrected chi connectivity index (χ3v) is 4.39. The fourth-order valence-electron chi connectivity index (χ4n) is 2.85. The Labute approximate surface area is 151 Å². The Hall–Kier alpha value is -2.53. The highest BCUT2D eigenvalue weighted by Gasteiger charge is 2.10. The Kier molecular flexibility index (Phi) is 5.56. The van der Waals surface area contributed by atoms with Gasteiger partial charge in [0.05, 0.1) is 22.5 Å². The van der Waals surface area contributed by atoms with E-state index >= 15 is 0 Å². The number of benzene rings is 2. The Morgan fingerprint density at radius 1 is 1.12 bits per heavy atom. The Morgan fingerprint density at radius 2 is 1.92 bits per heavy atom. The number of hydrogen-bond acceptors (Lipinski definition) is 3. The van der Waals surface area contributed by atoms with Crippen LogP contribution >= 0.6 is 11.6 Å². The number of nitrogens with zero attached hydrogens (tertiary/aromatic N) is 2. The predicted octanol–water partition coefficient (Wildman–Crippen LogP) is 3.41. The first kappa shape index (κ1) is 17.3. The summed E-state index contributed by atoms with van der Waals surface area (Å²) in [6.07, 6.45) is 2.16. The monoisotopic (exact) mass is 356 g/mol. The van der Waals surface area contributed by atoms with Gasteiger partial charge in [0.2, 0.25) is 11.9 Å². The largest absolute Gasteiger partial charge is 0.369 e. The van der Waals surface area contributed by atoms with Crippen LogP contribution in [0.5, 0.6) is 0 Å². The van der Waals surface area contributed by atoms with Crippen LogP contribution in [-0.2, 0) is 17.8 Å². The maximum Gasteiger partial charge on any atom is 0.224 e. The van der Waals surface area contributed by atoms with Gasteiger partial charge in [0.25, 0.3) is 0 Å². The van der Waals surface area contributed by atoms with E-state index in [0.717, 1.165) is 36.0 Å². The van der Waals surface area contributed by atoms with E-state index in [2.05, 4.69) is 10.3 Å². The number of nitrogen functional groups attached to an aromatic ring is 1. The second-order valence-electron chi connectivity index (χ2n) is 5.95. The molecular formula is C19H21ClN4O. The summed E-state index contributed by atoms with van der Waals surface area (Å²) in [6.45, 7) is 1.37. The molecule has 5 nitrogen and oxygen atoms in total. The van der Waals surface area contributed by atoms with Crippen molar-refractivity contribution in [3.8, 4) is 0 Å². The van der Waals surface area contributed by atoms with Gasteiger partial charge in [-0.25, -0.2) is 4.98 Å². The molecule has 3 N–H and O–H groups in total. The molecule has 0 aliphatic heterocycles. The van der Waals surface area contributed by atoms with Crippen molar-refractivity contribution in [2.75, 3.05) is 12.3 Å². The first-order valence-electron chi connectivity index (χ1n) is 8.36. The lowest BCUT2D eigenvalue weighted by Gasteiger charge is -2.08. The molecule has 6 heteroatoms. The van der Waals surface area contributed by atoms with E-state index in [1.165, 1.54) is 0 Å². The van der Waals surface area contributed by atoms with Crippen molar-refractivity contribution in [3.63, 3.8) is 0 Å². The van der Waals surface area contributed by atoms with Gasteiger partial charge >= 0.3 is 0 Å². The van der Waals surface area contributed by atoms with Gasteiger partial charge in [0.1, 0.15) is 0 Å². The molecule has 0 radical (unpaired) electrons. The van der Waals surface area contributed by atoms with Gasteiger partial charge in [0, 0.05) is 13.1 Å². The van der Waals surface area contributed by atoms with Crippen molar-refractivity contribution >= 4 is 34.5 Å². The fourth-order valence-corrected chi connectivity index (χ4v) is 3.12. The SMILES string of the molecule is Nc1nc2cccc(Cl)c2n1CCCCNC(=O)Cc1ccccc1. The number of aromatic nitrogens is 2. The zero-order chi connectivity index (χ0) is 17.6. The van der Waals surface area contributed by atoms with E-state index in [4.69, 9.17) is 17.3 Å². The number of nitrogens with one attached hydrogen (secondary N) is 1. The molecule has 0 aliphatic rings. The van der Waals surface area contributed by atoms with E-state index < -0.39 is 0 Å². The lowest BCUT2D eigenvalue weighted by molar-refractivity contribution is -0.120. The lowest BCUT2D eigenvalue weighted by atomic mass is 10.1. The molecular weight excluding hydrogens is 336 g/mol. The molecule has 0 spiro atoms. The normalized spacial score (nSPS) is 10.9. The number of aryl methyl sites for hydroxylation is 1. The summed E-state index contributed by atoms with van der Waals surface area (Å²) < 4.78 is 1.93. The first-order chi connectivity index (χ1) is 12.1. The number of carbonyl (C=O) groups excluding carboxylic acids is 1. The fraction of sp³-hybridized carbons (Fsp3) is 0.263. The van der Waals surface area contributed by atoms with Crippen molar-refractivity contribution < 1.29 is 4.79 Å². The zero-order valence-electron chi connectivity index (χ0n) is 13.9. The number of unbranched alkanes of at least 4 members (excludes halogenated alkanes) is 1. The lowest BCUT2D eigenvalue weighted by Crippen LogP contribution is -2.26. The molecule has 3 aromatic rings. The maximum atomic E-state index is 11.9. The molecule has 0 fully saturated rings. The molecule has 0 bridgehead atoms. The number of hydrogen-bond donors (Lipinski definition) is 2. The summed E-state index contributed by atoms with van der Waals surface area (Å²) in [7, 11) is 0. The molecule has 130 valence electrons. The van der Waals surface area contributed by atoms with Crippen LogP contribution in [0.2, 0.25) is 5.02 Å². The maximum absolute atomic E-state index is 11.9. The van der Waals surface area contributed by atoms with Crippen molar-refractivity contribution in [3.05, 3.63) is 59.1 Å². The highest BCUT2D eigenvalue weighted by atomic mass is 35.5. The topological polar surface area (TPSA) is 72.9 Å². The minimum atomic E-state index is 0.0434. The van der Waals surface area contributed by atoms with Gasteiger partial charge in [-0.1, -0.05) is 48.0 Å². The van der Waals surface area contributed by atoms with Crippen molar-refractivity contribution in [2.24, 2.45) is 0 Å². The quantitative estimate of drug-likeness (QED) is 0.637. The highest BCUT2D eigenvalue weighted by Crippen LogP contribution is 2.25. The summed E-state index contributed by atoms with van der Waals surface area (Å²) in [6, 6.07) is 15.3. The molecule has 0 unspecified atom stereocenters. The zero-order valence-corrected chi connectivity index (χ0v) is 14.7. The van der Waals surface area contributed by atoms with Gasteiger partial charge in [-0.05, 0) is 30.5 Å². The predicted molar refractivity (Wildman–Crippen MR) is 102 cm³/mol. The molecule has 25 heavy (non-hydrogen) atoms. The Bertz CT molecular complexity index is 860. The molecule has 1 aromatic heterocycles. The number of imidazole rings is 1. The number of halogens is 1. The standard InChI is InChI=1S/C19H21ClN4O/c20-15-9-6-10-16-18(15)24(19(21)23-16)12-5-4-11-22-17(25)13-14-7-2-1-3-8-14/h1-3,6-10H,4-5,11-13H2,(H2,21,23)(H,22,25). The summed E-state index contributed by atoms with van der Waals surface area (Å²) in [5.74, 6) is 0.512. The van der Waals surface area contributed by atoms with Gasteiger partial charge in [0.15, 0.2) is 0 Å². The molecule has 1 heterocycles. The van der Waals surface area contributed by atoms with E-state index in [0.29, 0.717) is 23.9 Å². The summed E-state index contributed by atoms with van der Waals surface area (Å²) in [5.41, 5.74) is 8.69. The van der Waals surface area contributed by atoms with Crippen molar-refractivity contribution in [2.45, 2.75) is 25.8 Å². The third kappa shape index (κ3) is 4.31. The van der Waals surface area contributed by atoms with Crippen LogP contribution in [0.15, 0.2) is 48.5 Å². The minimum absolute atomic E-state index is 0.0434. The number of para-hydroxylation sites is 1. The number of anilines is 1. The second-order valence-corrected chi connectivity index (χ2v) is 6.36. The number of rotatable bonds is 7. The van der Waals surface area contributed by atoms with Crippen molar-refractivity contribution in [1.29, 1.82) is 0 Å². The van der Waals surface area contributed by atoms with Gasteiger partial charge in [-0.15, -0.1) is 0 Å². The van der Waals surface area contributed by atoms with Crippen LogP contribution in [0.4, 0.5) is 5.95 Å². The Balaban J connectivity index is 1.46. The summed E-state index contributed by atoms with van der Waals surface area (Å²) in [4.78, 5) is 16.2. The van der Waals surface area contributed by atoms with E-state index in [1.54, 1.807) is 0 Å². The molecule has 0 aliphatic carbocycles. The number of amides is 1. The van der Waals surface area contributed by atoms with E-state index in [9.17, 15) is 4.79 Å². The molecule has 0 atom stereocenters. The molecule has 1 amide bonds. The van der Waals surface area contributed by atoms with Gasteiger partial charge in [-0.2, -0.15) is 0 Å². The van der Waals surface area contributed by atoms with Crippen LogP contribution in [-0.4, -0.2) is 22.0 Å². The molecule has 0 saturated heterocycles. The Morgan fingerprint density at radius 3 is 2.72 bits per heavy atom. The van der Waals surface area contributed by atoms with E-state index in [-0.39, 0.29) is 5.91 Å². The van der Waals surface area contributed by atoms with Crippen LogP contribution in [0.1, 0.15) is 18.4 Å². The average molecular weight is 357 g/mol. The smallest absolute Gasteiger partial charge is 0.224 e. The number of carbonyl (C=O) groups is 1. The average Bonchev–Trinajstić information content (AvgIpc) is 2.92. The summed E-state index contributed by atoms with van der Waals surface area (Å²) >= 11 is 6.26. The van der Waals surface area contributed by atoms with Gasteiger partial charge < -0.3 is 15.6 Å². The minimum Gasteiger partial charge on any atom is -0.369 e. The van der Waals surface area contributed by atoms with Gasteiger partial charge in [-0.3, -0.25) is 4.79 Å². The van der Waals surface area contributed by atoms with Crippen LogP contribution in [0, 0.1) is 0 Å².